The summed E-state index contributed by atoms with van der Waals surface area (Å²) >= 11 is 0. The van der Waals surface area contributed by atoms with E-state index in [9.17, 15) is 5.11 Å². The van der Waals surface area contributed by atoms with Crippen LogP contribution in [0.2, 0.25) is 0 Å². The third kappa shape index (κ3) is 4.51. The molecule has 168 valence electrons. The van der Waals surface area contributed by atoms with Crippen molar-refractivity contribution in [2.75, 3.05) is 29.9 Å². The molecule has 0 saturated carbocycles. The van der Waals surface area contributed by atoms with Crippen molar-refractivity contribution in [3.8, 4) is 17.6 Å². The van der Waals surface area contributed by atoms with Gasteiger partial charge in [0.2, 0.25) is 5.88 Å². The quantitative estimate of drug-likeness (QED) is 0.474. The van der Waals surface area contributed by atoms with E-state index in [4.69, 9.17) is 10.5 Å². The molecule has 1 atom stereocenters. The minimum atomic E-state index is -0.136. The second-order valence-corrected chi connectivity index (χ2v) is 8.25. The van der Waals surface area contributed by atoms with Gasteiger partial charge in [-0.3, -0.25) is 4.98 Å². The molecule has 1 unspecified atom stereocenters. The molecule has 4 aromatic rings. The largest absolute Gasteiger partial charge is 0.493 e. The van der Waals surface area contributed by atoms with Gasteiger partial charge in [0.05, 0.1) is 17.1 Å². The fourth-order valence-electron chi connectivity index (χ4n) is 4.12. The number of hydrogen-bond donors (Lipinski definition) is 2. The van der Waals surface area contributed by atoms with E-state index in [-0.39, 0.29) is 17.9 Å². The van der Waals surface area contributed by atoms with Gasteiger partial charge in [0.1, 0.15) is 5.75 Å². The molecular formula is C25H26N6O2. The molecule has 1 fully saturated rings. The Morgan fingerprint density at radius 3 is 2.76 bits per heavy atom. The van der Waals surface area contributed by atoms with Crippen LogP contribution >= 0.6 is 0 Å². The number of nitrogens with two attached hydrogens (primary N) is 1. The van der Waals surface area contributed by atoms with E-state index in [1.807, 2.05) is 31.3 Å². The Hall–Kier alpha value is -3.91. The number of pyridine rings is 1. The van der Waals surface area contributed by atoms with E-state index < -0.39 is 0 Å². The first-order chi connectivity index (χ1) is 16.1. The molecule has 0 aliphatic carbocycles. The van der Waals surface area contributed by atoms with Gasteiger partial charge >= 0.3 is 6.01 Å². The summed E-state index contributed by atoms with van der Waals surface area (Å²) in [6.07, 6.45) is 5.36. The van der Waals surface area contributed by atoms with Crippen LogP contribution in [-0.2, 0) is 0 Å². The Labute approximate surface area is 192 Å². The molecule has 1 aliphatic heterocycles. The zero-order chi connectivity index (χ0) is 22.8. The van der Waals surface area contributed by atoms with Gasteiger partial charge in [-0.05, 0) is 61.4 Å². The molecule has 3 heterocycles. The second-order valence-electron chi connectivity index (χ2n) is 8.25. The number of anilines is 3. The van der Waals surface area contributed by atoms with Crippen molar-refractivity contribution in [2.45, 2.75) is 18.9 Å². The fourth-order valence-corrected chi connectivity index (χ4v) is 4.12. The molecule has 0 amide bonds. The Morgan fingerprint density at radius 1 is 1.09 bits per heavy atom. The van der Waals surface area contributed by atoms with E-state index >= 15 is 0 Å². The highest BCUT2D eigenvalue weighted by Gasteiger charge is 2.17. The van der Waals surface area contributed by atoms with Crippen molar-refractivity contribution in [1.29, 1.82) is 0 Å². The lowest BCUT2D eigenvalue weighted by atomic mass is 10.1. The van der Waals surface area contributed by atoms with Crippen LogP contribution in [0.1, 0.15) is 12.8 Å². The molecule has 3 N–H and O–H groups in total. The number of ether oxygens (including phenoxy) is 1. The van der Waals surface area contributed by atoms with Gasteiger partial charge in [-0.2, -0.15) is 9.97 Å². The molecule has 0 bridgehead atoms. The van der Waals surface area contributed by atoms with Gasteiger partial charge in [0.15, 0.2) is 0 Å². The third-order valence-electron chi connectivity index (χ3n) is 5.93. The number of benzene rings is 2. The predicted molar refractivity (Wildman–Crippen MR) is 129 cm³/mol. The topological polar surface area (TPSA) is 101 Å². The van der Waals surface area contributed by atoms with Gasteiger partial charge in [0, 0.05) is 49.4 Å². The second kappa shape index (κ2) is 8.91. The zero-order valence-electron chi connectivity index (χ0n) is 18.4. The average molecular weight is 443 g/mol. The van der Waals surface area contributed by atoms with Gasteiger partial charge < -0.3 is 25.4 Å². The van der Waals surface area contributed by atoms with E-state index in [1.165, 1.54) is 5.69 Å². The number of hydrogen-bond acceptors (Lipinski definition) is 8. The molecule has 0 radical (unpaired) electrons. The number of fused-ring (bicyclic) bond motifs is 1. The highest BCUT2D eigenvalue weighted by Crippen LogP contribution is 2.31. The lowest BCUT2D eigenvalue weighted by Crippen LogP contribution is -2.42. The summed E-state index contributed by atoms with van der Waals surface area (Å²) in [4.78, 5) is 16.9. The van der Waals surface area contributed by atoms with Crippen molar-refractivity contribution in [2.24, 2.45) is 5.73 Å². The Kier molecular flexibility index (Phi) is 5.66. The highest BCUT2D eigenvalue weighted by molar-refractivity contribution is 5.82. The summed E-state index contributed by atoms with van der Waals surface area (Å²) < 4.78 is 5.77. The van der Waals surface area contributed by atoms with Crippen LogP contribution in [0.5, 0.6) is 17.6 Å². The molecule has 8 heteroatoms. The van der Waals surface area contributed by atoms with E-state index in [0.717, 1.165) is 37.3 Å². The normalized spacial score (nSPS) is 16.1. The maximum absolute atomic E-state index is 10.1. The maximum Gasteiger partial charge on any atom is 0.325 e. The summed E-state index contributed by atoms with van der Waals surface area (Å²) in [6, 6.07) is 18.1. The molecule has 2 aromatic carbocycles. The summed E-state index contributed by atoms with van der Waals surface area (Å²) in [6.45, 7) is 1.93. The molecule has 33 heavy (non-hydrogen) atoms. The minimum Gasteiger partial charge on any atom is -0.493 e. The molecule has 1 saturated heterocycles. The van der Waals surface area contributed by atoms with Crippen molar-refractivity contribution in [3.63, 3.8) is 0 Å². The zero-order valence-corrected chi connectivity index (χ0v) is 18.4. The van der Waals surface area contributed by atoms with Crippen LogP contribution in [0, 0.1) is 0 Å². The van der Waals surface area contributed by atoms with Crippen LogP contribution in [0.15, 0.2) is 67.0 Å². The fraction of sp³-hybridized carbons (Fsp3) is 0.240. The molecular weight excluding hydrogens is 416 g/mol. The number of rotatable bonds is 5. The third-order valence-corrected chi connectivity index (χ3v) is 5.93. The molecule has 0 spiro atoms. The van der Waals surface area contributed by atoms with Crippen molar-refractivity contribution >= 4 is 28.0 Å². The molecule has 2 aromatic heterocycles. The number of piperidine rings is 1. The van der Waals surface area contributed by atoms with Crippen LogP contribution in [0.25, 0.3) is 10.9 Å². The SMILES string of the molecule is CN(c1ccc(Oc2nc(O)c3ccncc3n2)cc1)c1cccc(N2CCCC(N)C2)c1. The molecule has 5 rings (SSSR count). The number of nitrogens with zero attached hydrogens (tertiary/aromatic N) is 5. The smallest absolute Gasteiger partial charge is 0.325 e. The van der Waals surface area contributed by atoms with Crippen molar-refractivity contribution < 1.29 is 9.84 Å². The van der Waals surface area contributed by atoms with E-state index in [0.29, 0.717) is 16.7 Å². The highest BCUT2D eigenvalue weighted by atomic mass is 16.5. The lowest BCUT2D eigenvalue weighted by Gasteiger charge is -2.33. The van der Waals surface area contributed by atoms with E-state index in [2.05, 4.69) is 49.0 Å². The van der Waals surface area contributed by atoms with Gasteiger partial charge in [-0.1, -0.05) is 6.07 Å². The first kappa shape index (κ1) is 21.0. The van der Waals surface area contributed by atoms with Gasteiger partial charge in [0.25, 0.3) is 0 Å². The first-order valence-corrected chi connectivity index (χ1v) is 11.0. The molecule has 8 nitrogen and oxygen atoms in total. The predicted octanol–water partition coefficient (Wildman–Crippen LogP) is 4.22. The number of aromatic nitrogens is 3. The van der Waals surface area contributed by atoms with Crippen molar-refractivity contribution in [3.05, 3.63) is 67.0 Å². The standard InChI is InChI=1S/C25H26N6O2/c1-30(19-5-2-6-20(14-19)31-13-3-4-17(26)16-31)18-7-9-21(10-8-18)33-25-28-23-15-27-12-11-22(23)24(32)29-25/h2,5-12,14-15,17H,3-4,13,16,26H2,1H3,(H,28,29,32). The number of aromatic hydroxyl groups is 1. The first-order valence-electron chi connectivity index (χ1n) is 11.0. The van der Waals surface area contributed by atoms with Crippen LogP contribution in [-0.4, -0.2) is 46.2 Å². The summed E-state index contributed by atoms with van der Waals surface area (Å²) in [5, 5.41) is 10.7. The Balaban J connectivity index is 1.32. The Bertz CT molecular complexity index is 1260. The lowest BCUT2D eigenvalue weighted by molar-refractivity contribution is 0.412. The van der Waals surface area contributed by atoms with Gasteiger partial charge in [-0.25, -0.2) is 0 Å². The average Bonchev–Trinajstić information content (AvgIpc) is 2.84. The monoisotopic (exact) mass is 442 g/mol. The summed E-state index contributed by atoms with van der Waals surface area (Å²) in [7, 11) is 2.04. The van der Waals surface area contributed by atoms with Crippen LogP contribution in [0.4, 0.5) is 17.1 Å². The van der Waals surface area contributed by atoms with Crippen LogP contribution in [0.3, 0.4) is 0 Å². The van der Waals surface area contributed by atoms with Crippen molar-refractivity contribution in [1.82, 2.24) is 15.0 Å². The Morgan fingerprint density at radius 2 is 1.94 bits per heavy atom. The van der Waals surface area contributed by atoms with Gasteiger partial charge in [-0.15, -0.1) is 0 Å². The summed E-state index contributed by atoms with van der Waals surface area (Å²) in [5.41, 5.74) is 9.99. The maximum atomic E-state index is 10.1. The molecule has 1 aliphatic rings. The van der Waals surface area contributed by atoms with E-state index in [1.54, 1.807) is 18.5 Å². The van der Waals surface area contributed by atoms with Crippen LogP contribution < -0.4 is 20.3 Å². The summed E-state index contributed by atoms with van der Waals surface area (Å²) in [5.74, 6) is 0.439. The minimum absolute atomic E-state index is 0.0709.